The Hall–Kier alpha value is -2.24. The molecule has 2 N–H and O–H groups in total. The molecular formula is C10H11N5O. The first-order chi connectivity index (χ1) is 7.66. The predicted octanol–water partition coefficient (Wildman–Crippen LogP) is 1.07. The molecule has 0 fully saturated rings. The maximum Gasteiger partial charge on any atom is 0.259 e. The molecule has 2 rings (SSSR count). The monoisotopic (exact) mass is 217 g/mol. The topological polar surface area (TPSA) is 83.6 Å². The summed E-state index contributed by atoms with van der Waals surface area (Å²) in [6, 6.07) is 3.42. The molecule has 6 nitrogen and oxygen atoms in total. The molecular weight excluding hydrogens is 206 g/mol. The predicted molar refractivity (Wildman–Crippen MR) is 58.0 cm³/mol. The smallest absolute Gasteiger partial charge is 0.259 e. The number of hydrogen-bond donors (Lipinski definition) is 2. The van der Waals surface area contributed by atoms with E-state index in [2.05, 4.69) is 25.5 Å². The summed E-state index contributed by atoms with van der Waals surface area (Å²) in [5.74, 6) is 0.661. The van der Waals surface area contributed by atoms with E-state index in [0.717, 1.165) is 0 Å². The van der Waals surface area contributed by atoms with Gasteiger partial charge in [-0.05, 0) is 26.0 Å². The van der Waals surface area contributed by atoms with Gasteiger partial charge in [0, 0.05) is 11.9 Å². The lowest BCUT2D eigenvalue weighted by atomic mass is 10.2. The number of carbonyl (C=O) groups is 1. The Morgan fingerprint density at radius 1 is 1.44 bits per heavy atom. The second kappa shape index (κ2) is 4.09. The minimum Gasteiger partial charge on any atom is -0.289 e. The summed E-state index contributed by atoms with van der Waals surface area (Å²) in [6.07, 6.45) is 1.64. The molecule has 0 spiro atoms. The van der Waals surface area contributed by atoms with Crippen LogP contribution in [0.15, 0.2) is 18.3 Å². The maximum absolute atomic E-state index is 11.8. The number of aromatic amines is 1. The number of hydrogen-bond acceptors (Lipinski definition) is 4. The van der Waals surface area contributed by atoms with Gasteiger partial charge in [-0.2, -0.15) is 4.98 Å². The van der Waals surface area contributed by atoms with Crippen molar-refractivity contribution in [1.82, 2.24) is 20.2 Å². The highest BCUT2D eigenvalue weighted by Gasteiger charge is 2.11. The fourth-order valence-electron chi connectivity index (χ4n) is 1.29. The van der Waals surface area contributed by atoms with Crippen LogP contribution in [0.4, 0.5) is 5.95 Å². The lowest BCUT2D eigenvalue weighted by Gasteiger charge is -2.02. The van der Waals surface area contributed by atoms with Gasteiger partial charge in [-0.3, -0.25) is 20.2 Å². The third-order valence-corrected chi connectivity index (χ3v) is 2.07. The molecule has 0 aromatic carbocycles. The van der Waals surface area contributed by atoms with Crippen LogP contribution in [0.25, 0.3) is 0 Å². The van der Waals surface area contributed by atoms with Crippen molar-refractivity contribution in [1.29, 1.82) is 0 Å². The molecule has 0 atom stereocenters. The van der Waals surface area contributed by atoms with Crippen LogP contribution in [-0.2, 0) is 0 Å². The van der Waals surface area contributed by atoms with Crippen LogP contribution in [0, 0.1) is 13.8 Å². The molecule has 0 radical (unpaired) electrons. The molecule has 2 heterocycles. The van der Waals surface area contributed by atoms with Crippen molar-refractivity contribution in [2.75, 3.05) is 5.32 Å². The van der Waals surface area contributed by atoms with Crippen LogP contribution >= 0.6 is 0 Å². The Balaban J connectivity index is 2.18. The average Bonchev–Trinajstić information content (AvgIpc) is 2.64. The molecule has 0 aliphatic heterocycles. The van der Waals surface area contributed by atoms with Gasteiger partial charge < -0.3 is 0 Å². The first-order valence-corrected chi connectivity index (χ1v) is 4.79. The zero-order valence-corrected chi connectivity index (χ0v) is 8.98. The van der Waals surface area contributed by atoms with E-state index in [1.807, 2.05) is 0 Å². The number of aryl methyl sites for hydroxylation is 2. The minimum atomic E-state index is -0.260. The summed E-state index contributed by atoms with van der Waals surface area (Å²) in [7, 11) is 0. The fourth-order valence-corrected chi connectivity index (χ4v) is 1.29. The van der Waals surface area contributed by atoms with Gasteiger partial charge in [0.05, 0.1) is 5.56 Å². The highest BCUT2D eigenvalue weighted by Crippen LogP contribution is 2.06. The first kappa shape index (κ1) is 10.3. The summed E-state index contributed by atoms with van der Waals surface area (Å²) >= 11 is 0. The van der Waals surface area contributed by atoms with Gasteiger partial charge in [0.25, 0.3) is 5.91 Å². The van der Waals surface area contributed by atoms with E-state index >= 15 is 0 Å². The highest BCUT2D eigenvalue weighted by atomic mass is 16.1. The number of amides is 1. The number of anilines is 1. The minimum absolute atomic E-state index is 0.260. The number of pyridine rings is 1. The van der Waals surface area contributed by atoms with Gasteiger partial charge in [0.1, 0.15) is 5.82 Å². The molecule has 6 heteroatoms. The Bertz CT molecular complexity index is 519. The fraction of sp³-hybridized carbons (Fsp3) is 0.200. The Morgan fingerprint density at radius 3 is 2.88 bits per heavy atom. The number of rotatable bonds is 2. The van der Waals surface area contributed by atoms with Gasteiger partial charge in [-0.25, -0.2) is 0 Å². The zero-order chi connectivity index (χ0) is 11.5. The molecule has 2 aromatic rings. The summed E-state index contributed by atoms with van der Waals surface area (Å²) in [5.41, 5.74) is 1.19. The molecule has 0 unspecified atom stereocenters. The van der Waals surface area contributed by atoms with E-state index in [9.17, 15) is 4.79 Å². The van der Waals surface area contributed by atoms with Gasteiger partial charge in [0.2, 0.25) is 5.95 Å². The van der Waals surface area contributed by atoms with E-state index in [1.54, 1.807) is 32.2 Å². The van der Waals surface area contributed by atoms with Crippen molar-refractivity contribution in [2.45, 2.75) is 13.8 Å². The standard InChI is InChI=1S/C10H11N5O/c1-6-8(4-3-5-11-6)9(16)13-10-12-7(2)14-15-10/h3-5H,1-2H3,(H2,12,13,14,15,16). The first-order valence-electron chi connectivity index (χ1n) is 4.79. The van der Waals surface area contributed by atoms with E-state index < -0.39 is 0 Å². The van der Waals surface area contributed by atoms with Crippen LogP contribution < -0.4 is 5.32 Å². The van der Waals surface area contributed by atoms with Crippen molar-refractivity contribution < 1.29 is 4.79 Å². The lowest BCUT2D eigenvalue weighted by molar-refractivity contribution is 0.102. The van der Waals surface area contributed by atoms with Crippen molar-refractivity contribution in [3.63, 3.8) is 0 Å². The van der Waals surface area contributed by atoms with Gasteiger partial charge >= 0.3 is 0 Å². The molecule has 1 amide bonds. The third-order valence-electron chi connectivity index (χ3n) is 2.07. The molecule has 0 aliphatic rings. The normalized spacial score (nSPS) is 10.1. The summed E-state index contributed by atoms with van der Waals surface area (Å²) in [6.45, 7) is 3.54. The van der Waals surface area contributed by atoms with Crippen molar-refractivity contribution in [2.24, 2.45) is 0 Å². The second-order valence-electron chi connectivity index (χ2n) is 3.33. The van der Waals surface area contributed by atoms with E-state index in [4.69, 9.17) is 0 Å². The number of nitrogens with one attached hydrogen (secondary N) is 2. The maximum atomic E-state index is 11.8. The van der Waals surface area contributed by atoms with Crippen LogP contribution in [0.2, 0.25) is 0 Å². The number of H-pyrrole nitrogens is 1. The molecule has 82 valence electrons. The van der Waals surface area contributed by atoms with Crippen LogP contribution in [0.1, 0.15) is 21.9 Å². The third kappa shape index (κ3) is 2.05. The zero-order valence-electron chi connectivity index (χ0n) is 8.98. The van der Waals surface area contributed by atoms with Crippen molar-refractivity contribution in [3.8, 4) is 0 Å². The van der Waals surface area contributed by atoms with Crippen LogP contribution in [0.3, 0.4) is 0 Å². The van der Waals surface area contributed by atoms with E-state index in [-0.39, 0.29) is 11.9 Å². The molecule has 0 bridgehead atoms. The van der Waals surface area contributed by atoms with Crippen LogP contribution in [-0.4, -0.2) is 26.1 Å². The second-order valence-corrected chi connectivity index (χ2v) is 3.33. The lowest BCUT2D eigenvalue weighted by Crippen LogP contribution is -2.14. The molecule has 0 saturated heterocycles. The Kier molecular flexibility index (Phi) is 2.63. The van der Waals surface area contributed by atoms with Crippen molar-refractivity contribution in [3.05, 3.63) is 35.4 Å². The largest absolute Gasteiger partial charge is 0.289 e. The number of carbonyl (C=O) groups excluding carboxylic acids is 1. The van der Waals surface area contributed by atoms with Crippen LogP contribution in [0.5, 0.6) is 0 Å². The average molecular weight is 217 g/mol. The molecule has 16 heavy (non-hydrogen) atoms. The van der Waals surface area contributed by atoms with Crippen molar-refractivity contribution >= 4 is 11.9 Å². The van der Waals surface area contributed by atoms with Gasteiger partial charge in [-0.15, -0.1) is 5.10 Å². The van der Waals surface area contributed by atoms with E-state index in [0.29, 0.717) is 17.1 Å². The van der Waals surface area contributed by atoms with Gasteiger partial charge in [0.15, 0.2) is 0 Å². The SMILES string of the molecule is Cc1nc(NC(=O)c2cccnc2C)n[nH]1. The number of aromatic nitrogens is 4. The van der Waals surface area contributed by atoms with E-state index in [1.165, 1.54) is 0 Å². The Morgan fingerprint density at radius 2 is 2.25 bits per heavy atom. The molecule has 0 aliphatic carbocycles. The Labute approximate surface area is 92.1 Å². The summed E-state index contributed by atoms with van der Waals surface area (Å²) in [5, 5.41) is 9.06. The highest BCUT2D eigenvalue weighted by molar-refractivity contribution is 6.03. The quantitative estimate of drug-likeness (QED) is 0.788. The molecule has 0 saturated carbocycles. The summed E-state index contributed by atoms with van der Waals surface area (Å²) in [4.78, 5) is 19.8. The summed E-state index contributed by atoms with van der Waals surface area (Å²) < 4.78 is 0. The molecule has 2 aromatic heterocycles. The van der Waals surface area contributed by atoms with Gasteiger partial charge in [-0.1, -0.05) is 0 Å². The number of nitrogens with zero attached hydrogens (tertiary/aromatic N) is 3.